The first kappa shape index (κ1) is 17.3. The SMILES string of the molecule is CCOc1cc(C(=O)NC(C)c2ccccn2)cc(Br)c1OC. The number of carbonyl (C=O) groups excluding carboxylic acids is 1. The maximum atomic E-state index is 12.5. The van der Waals surface area contributed by atoms with Crippen LogP contribution in [0, 0.1) is 0 Å². The number of pyridine rings is 1. The molecule has 5 nitrogen and oxygen atoms in total. The monoisotopic (exact) mass is 378 g/mol. The molecule has 2 aromatic rings. The Balaban J connectivity index is 2.22. The van der Waals surface area contributed by atoms with E-state index in [9.17, 15) is 4.79 Å². The van der Waals surface area contributed by atoms with Gasteiger partial charge in [-0.25, -0.2) is 0 Å². The summed E-state index contributed by atoms with van der Waals surface area (Å²) < 4.78 is 11.5. The summed E-state index contributed by atoms with van der Waals surface area (Å²) in [4.78, 5) is 16.7. The van der Waals surface area contributed by atoms with Crippen molar-refractivity contribution in [2.75, 3.05) is 13.7 Å². The third-order valence-corrected chi connectivity index (χ3v) is 3.84. The molecule has 2 rings (SSSR count). The molecule has 1 N–H and O–H groups in total. The summed E-state index contributed by atoms with van der Waals surface area (Å²) in [6.45, 7) is 4.25. The number of methoxy groups -OCH3 is 1. The Morgan fingerprint density at radius 3 is 2.78 bits per heavy atom. The van der Waals surface area contributed by atoms with Gasteiger partial charge in [-0.15, -0.1) is 0 Å². The Morgan fingerprint density at radius 1 is 1.39 bits per heavy atom. The minimum absolute atomic E-state index is 0.194. The van der Waals surface area contributed by atoms with Gasteiger partial charge in [0.05, 0.1) is 29.9 Å². The molecule has 0 bridgehead atoms. The van der Waals surface area contributed by atoms with E-state index in [1.54, 1.807) is 25.4 Å². The first-order valence-electron chi connectivity index (χ1n) is 7.29. The Morgan fingerprint density at radius 2 is 2.17 bits per heavy atom. The lowest BCUT2D eigenvalue weighted by molar-refractivity contribution is 0.0938. The molecule has 0 aliphatic carbocycles. The van der Waals surface area contributed by atoms with E-state index in [0.717, 1.165) is 5.69 Å². The molecule has 0 spiro atoms. The molecule has 1 unspecified atom stereocenters. The summed E-state index contributed by atoms with van der Waals surface area (Å²) in [7, 11) is 1.56. The molecule has 0 aliphatic heterocycles. The number of amides is 1. The maximum absolute atomic E-state index is 12.5. The average Bonchev–Trinajstić information content (AvgIpc) is 2.55. The summed E-state index contributed by atoms with van der Waals surface area (Å²) in [5.74, 6) is 0.897. The zero-order valence-electron chi connectivity index (χ0n) is 13.3. The molecule has 1 atom stereocenters. The van der Waals surface area contributed by atoms with Gasteiger partial charge in [-0.3, -0.25) is 9.78 Å². The van der Waals surface area contributed by atoms with E-state index >= 15 is 0 Å². The standard InChI is InChI=1S/C17H19BrN2O3/c1-4-23-15-10-12(9-13(18)16(15)22-3)17(21)20-11(2)14-7-5-6-8-19-14/h5-11H,4H2,1-3H3,(H,20,21). The number of aromatic nitrogens is 1. The highest BCUT2D eigenvalue weighted by Crippen LogP contribution is 2.36. The summed E-state index contributed by atoms with van der Waals surface area (Å²) in [5.41, 5.74) is 1.29. The van der Waals surface area contributed by atoms with Crippen molar-refractivity contribution in [3.05, 3.63) is 52.3 Å². The van der Waals surface area contributed by atoms with Crippen molar-refractivity contribution in [1.82, 2.24) is 10.3 Å². The first-order chi connectivity index (χ1) is 11.1. The molecule has 1 heterocycles. The normalized spacial score (nSPS) is 11.7. The third kappa shape index (κ3) is 4.22. The number of ether oxygens (including phenoxy) is 2. The van der Waals surface area contributed by atoms with Crippen LogP contribution in [0.3, 0.4) is 0 Å². The number of nitrogens with zero attached hydrogens (tertiary/aromatic N) is 1. The number of rotatable bonds is 6. The number of benzene rings is 1. The fourth-order valence-electron chi connectivity index (χ4n) is 2.15. The predicted octanol–water partition coefficient (Wildman–Crippen LogP) is 3.74. The minimum Gasteiger partial charge on any atom is -0.492 e. The van der Waals surface area contributed by atoms with E-state index in [2.05, 4.69) is 26.2 Å². The first-order valence-corrected chi connectivity index (χ1v) is 8.08. The fraction of sp³-hybridized carbons (Fsp3) is 0.294. The van der Waals surface area contributed by atoms with Crippen molar-refractivity contribution in [1.29, 1.82) is 0 Å². The smallest absolute Gasteiger partial charge is 0.251 e. The fourth-order valence-corrected chi connectivity index (χ4v) is 2.75. The molecule has 23 heavy (non-hydrogen) atoms. The number of hydrogen-bond donors (Lipinski definition) is 1. The molecule has 0 radical (unpaired) electrons. The highest BCUT2D eigenvalue weighted by Gasteiger charge is 2.17. The van der Waals surface area contributed by atoms with Gasteiger partial charge in [-0.1, -0.05) is 6.07 Å². The summed E-state index contributed by atoms with van der Waals surface area (Å²) in [6.07, 6.45) is 1.70. The molecule has 6 heteroatoms. The Bertz CT molecular complexity index is 677. The third-order valence-electron chi connectivity index (χ3n) is 3.25. The van der Waals surface area contributed by atoms with Gasteiger partial charge in [-0.2, -0.15) is 0 Å². The summed E-state index contributed by atoms with van der Waals surface area (Å²) >= 11 is 3.41. The van der Waals surface area contributed by atoms with Crippen molar-refractivity contribution in [3.63, 3.8) is 0 Å². The van der Waals surface area contributed by atoms with Gasteiger partial charge in [0.15, 0.2) is 11.5 Å². The van der Waals surface area contributed by atoms with Crippen LogP contribution in [-0.2, 0) is 0 Å². The molecular weight excluding hydrogens is 360 g/mol. The number of halogens is 1. The second-order valence-electron chi connectivity index (χ2n) is 4.87. The molecule has 122 valence electrons. The van der Waals surface area contributed by atoms with E-state index < -0.39 is 0 Å². The van der Waals surface area contributed by atoms with E-state index in [1.807, 2.05) is 32.0 Å². The van der Waals surface area contributed by atoms with Gasteiger partial charge in [0, 0.05) is 11.8 Å². The zero-order chi connectivity index (χ0) is 16.8. The molecular formula is C17H19BrN2O3. The molecule has 0 fully saturated rings. The Labute approximate surface area is 144 Å². The lowest BCUT2D eigenvalue weighted by Gasteiger charge is -2.16. The predicted molar refractivity (Wildman–Crippen MR) is 92.0 cm³/mol. The Kier molecular flexibility index (Phi) is 5.98. The number of nitrogens with one attached hydrogen (secondary N) is 1. The van der Waals surface area contributed by atoms with E-state index in [4.69, 9.17) is 9.47 Å². The van der Waals surface area contributed by atoms with Crippen LogP contribution in [-0.4, -0.2) is 24.6 Å². The maximum Gasteiger partial charge on any atom is 0.251 e. The van der Waals surface area contributed by atoms with E-state index in [0.29, 0.717) is 28.1 Å². The van der Waals surface area contributed by atoms with Gasteiger partial charge < -0.3 is 14.8 Å². The summed E-state index contributed by atoms with van der Waals surface area (Å²) in [6, 6.07) is 8.80. The van der Waals surface area contributed by atoms with Crippen LogP contribution in [0.15, 0.2) is 41.0 Å². The van der Waals surface area contributed by atoms with Crippen molar-refractivity contribution >= 4 is 21.8 Å². The largest absolute Gasteiger partial charge is 0.492 e. The Hall–Kier alpha value is -2.08. The van der Waals surface area contributed by atoms with Gasteiger partial charge in [0.1, 0.15) is 0 Å². The second-order valence-corrected chi connectivity index (χ2v) is 5.73. The van der Waals surface area contributed by atoms with Crippen LogP contribution in [0.25, 0.3) is 0 Å². The highest BCUT2D eigenvalue weighted by molar-refractivity contribution is 9.10. The van der Waals surface area contributed by atoms with Crippen LogP contribution in [0.2, 0.25) is 0 Å². The van der Waals surface area contributed by atoms with Crippen LogP contribution in [0.1, 0.15) is 35.9 Å². The summed E-state index contributed by atoms with van der Waals surface area (Å²) in [5, 5.41) is 2.93. The van der Waals surface area contributed by atoms with Gasteiger partial charge >= 0.3 is 0 Å². The quantitative estimate of drug-likeness (QED) is 0.831. The van der Waals surface area contributed by atoms with Gasteiger partial charge in [-0.05, 0) is 54.0 Å². The number of hydrogen-bond acceptors (Lipinski definition) is 4. The topological polar surface area (TPSA) is 60.5 Å². The van der Waals surface area contributed by atoms with Crippen LogP contribution in [0.4, 0.5) is 0 Å². The highest BCUT2D eigenvalue weighted by atomic mass is 79.9. The molecule has 1 amide bonds. The minimum atomic E-state index is -0.201. The van der Waals surface area contributed by atoms with Crippen molar-refractivity contribution in [2.24, 2.45) is 0 Å². The van der Waals surface area contributed by atoms with Crippen LogP contribution < -0.4 is 14.8 Å². The number of carbonyl (C=O) groups is 1. The van der Waals surface area contributed by atoms with Crippen molar-refractivity contribution in [3.8, 4) is 11.5 Å². The second kappa shape index (κ2) is 7.97. The molecule has 1 aromatic carbocycles. The molecule has 0 saturated carbocycles. The molecule has 1 aromatic heterocycles. The van der Waals surface area contributed by atoms with Crippen LogP contribution in [0.5, 0.6) is 11.5 Å². The van der Waals surface area contributed by atoms with E-state index in [1.165, 1.54) is 0 Å². The molecule has 0 aliphatic rings. The van der Waals surface area contributed by atoms with E-state index in [-0.39, 0.29) is 11.9 Å². The van der Waals surface area contributed by atoms with Crippen molar-refractivity contribution < 1.29 is 14.3 Å². The van der Waals surface area contributed by atoms with Crippen molar-refractivity contribution in [2.45, 2.75) is 19.9 Å². The van der Waals surface area contributed by atoms with Crippen LogP contribution >= 0.6 is 15.9 Å². The lowest BCUT2D eigenvalue weighted by Crippen LogP contribution is -2.27. The molecule has 0 saturated heterocycles. The lowest BCUT2D eigenvalue weighted by atomic mass is 10.1. The van der Waals surface area contributed by atoms with Gasteiger partial charge in [0.2, 0.25) is 0 Å². The average molecular weight is 379 g/mol. The zero-order valence-corrected chi connectivity index (χ0v) is 14.9. The van der Waals surface area contributed by atoms with Gasteiger partial charge in [0.25, 0.3) is 5.91 Å².